The van der Waals surface area contributed by atoms with Gasteiger partial charge in [0.2, 0.25) is 5.91 Å². The molecular weight excluding hydrogens is 290 g/mol. The summed E-state index contributed by atoms with van der Waals surface area (Å²) < 4.78 is 5.00. The number of amides is 1. The van der Waals surface area contributed by atoms with Gasteiger partial charge in [0.15, 0.2) is 0 Å². The molecule has 23 heavy (non-hydrogen) atoms. The van der Waals surface area contributed by atoms with Crippen LogP contribution in [0.25, 0.3) is 0 Å². The van der Waals surface area contributed by atoms with E-state index in [0.717, 1.165) is 12.0 Å². The summed E-state index contributed by atoms with van der Waals surface area (Å²) in [5.74, 6) is -0.603. The normalized spacial score (nSPS) is 12.1. The number of carbonyl (C=O) groups excluding carboxylic acids is 2. The first-order valence-electron chi connectivity index (χ1n) is 8.27. The van der Waals surface area contributed by atoms with Gasteiger partial charge in [-0.15, -0.1) is 0 Å². The Labute approximate surface area is 139 Å². The molecule has 1 rings (SSSR count). The first kappa shape index (κ1) is 18.9. The van der Waals surface area contributed by atoms with Crippen LogP contribution in [-0.2, 0) is 20.9 Å². The summed E-state index contributed by atoms with van der Waals surface area (Å²) >= 11 is 0. The average molecular weight is 317 g/mol. The van der Waals surface area contributed by atoms with E-state index in [-0.39, 0.29) is 24.3 Å². The van der Waals surface area contributed by atoms with Gasteiger partial charge in [0.1, 0.15) is 6.54 Å². The van der Waals surface area contributed by atoms with Gasteiger partial charge >= 0.3 is 5.97 Å². The highest BCUT2D eigenvalue weighted by atomic mass is 16.5. The molecule has 0 aliphatic carbocycles. The van der Waals surface area contributed by atoms with Crippen LogP contribution in [0.15, 0.2) is 42.5 Å². The van der Waals surface area contributed by atoms with Crippen molar-refractivity contribution in [2.45, 2.75) is 40.2 Å². The second-order valence-electron chi connectivity index (χ2n) is 5.34. The lowest BCUT2D eigenvalue weighted by molar-refractivity contribution is -0.150. The summed E-state index contributed by atoms with van der Waals surface area (Å²) in [4.78, 5) is 26.2. The highest BCUT2D eigenvalue weighted by Crippen LogP contribution is 2.14. The van der Waals surface area contributed by atoms with Crippen molar-refractivity contribution in [1.29, 1.82) is 0 Å². The monoisotopic (exact) mass is 317 g/mol. The fourth-order valence-electron chi connectivity index (χ4n) is 2.31. The molecule has 1 aromatic rings. The van der Waals surface area contributed by atoms with Crippen molar-refractivity contribution in [3.05, 3.63) is 48.0 Å². The van der Waals surface area contributed by atoms with Gasteiger partial charge in [-0.1, -0.05) is 56.3 Å². The molecule has 4 heteroatoms. The summed E-state index contributed by atoms with van der Waals surface area (Å²) in [7, 11) is 0. The largest absolute Gasteiger partial charge is 0.465 e. The van der Waals surface area contributed by atoms with Gasteiger partial charge in [0, 0.05) is 6.54 Å². The zero-order chi connectivity index (χ0) is 17.1. The Kier molecular flexibility index (Phi) is 8.73. The molecule has 0 aliphatic rings. The number of allylic oxidation sites excluding steroid dienone is 1. The van der Waals surface area contributed by atoms with Crippen LogP contribution in [-0.4, -0.2) is 29.9 Å². The zero-order valence-corrected chi connectivity index (χ0v) is 14.3. The molecule has 0 heterocycles. The Morgan fingerprint density at radius 2 is 1.87 bits per heavy atom. The molecule has 0 N–H and O–H groups in total. The standard InChI is InChI=1S/C19H27NO3/c1-4-7-13-17(5-2)19(22)20(15-18(21)23-6-3)14-16-11-9-8-10-12-16/h7-13,17H,4-6,14-15H2,1-3H3. The average Bonchev–Trinajstić information content (AvgIpc) is 2.56. The summed E-state index contributed by atoms with van der Waals surface area (Å²) in [6.07, 6.45) is 5.53. The van der Waals surface area contributed by atoms with Crippen LogP contribution < -0.4 is 0 Å². The van der Waals surface area contributed by atoms with E-state index in [1.54, 1.807) is 11.8 Å². The highest BCUT2D eigenvalue weighted by Gasteiger charge is 2.23. The van der Waals surface area contributed by atoms with Gasteiger partial charge in [0.05, 0.1) is 12.5 Å². The van der Waals surface area contributed by atoms with Gasteiger partial charge in [-0.3, -0.25) is 9.59 Å². The fraction of sp³-hybridized carbons (Fsp3) is 0.474. The lowest BCUT2D eigenvalue weighted by atomic mass is 10.0. The van der Waals surface area contributed by atoms with Gasteiger partial charge in [0.25, 0.3) is 0 Å². The van der Waals surface area contributed by atoms with Crippen LogP contribution in [0, 0.1) is 5.92 Å². The highest BCUT2D eigenvalue weighted by molar-refractivity contribution is 5.84. The number of hydrogen-bond acceptors (Lipinski definition) is 3. The van der Waals surface area contributed by atoms with E-state index in [2.05, 4.69) is 0 Å². The third-order valence-electron chi connectivity index (χ3n) is 3.51. The van der Waals surface area contributed by atoms with Crippen molar-refractivity contribution in [2.75, 3.05) is 13.2 Å². The van der Waals surface area contributed by atoms with Crippen molar-refractivity contribution in [2.24, 2.45) is 5.92 Å². The minimum Gasteiger partial charge on any atom is -0.465 e. The number of ether oxygens (including phenoxy) is 1. The molecule has 0 spiro atoms. The van der Waals surface area contributed by atoms with Crippen molar-refractivity contribution >= 4 is 11.9 Å². The number of benzene rings is 1. The number of nitrogens with zero attached hydrogens (tertiary/aromatic N) is 1. The summed E-state index contributed by atoms with van der Waals surface area (Å²) in [5, 5.41) is 0. The zero-order valence-electron chi connectivity index (χ0n) is 14.3. The minimum absolute atomic E-state index is 0.0158. The van der Waals surface area contributed by atoms with Crippen LogP contribution in [0.4, 0.5) is 0 Å². The third kappa shape index (κ3) is 6.68. The SMILES string of the molecule is CCC=CC(CC)C(=O)N(CC(=O)OCC)Cc1ccccc1. The Morgan fingerprint density at radius 3 is 2.43 bits per heavy atom. The van der Waals surface area contributed by atoms with Crippen molar-refractivity contribution in [3.63, 3.8) is 0 Å². The van der Waals surface area contributed by atoms with E-state index in [1.807, 2.05) is 56.3 Å². The van der Waals surface area contributed by atoms with Crippen LogP contribution in [0.2, 0.25) is 0 Å². The van der Waals surface area contributed by atoms with Crippen molar-refractivity contribution in [3.8, 4) is 0 Å². The van der Waals surface area contributed by atoms with Crippen molar-refractivity contribution < 1.29 is 14.3 Å². The van der Waals surface area contributed by atoms with Crippen LogP contribution in [0.5, 0.6) is 0 Å². The molecule has 1 unspecified atom stereocenters. The molecular formula is C19H27NO3. The van der Waals surface area contributed by atoms with Gasteiger partial charge in [-0.25, -0.2) is 0 Å². The Bertz CT molecular complexity index is 511. The molecule has 1 amide bonds. The van der Waals surface area contributed by atoms with Crippen LogP contribution >= 0.6 is 0 Å². The maximum atomic E-state index is 12.8. The van der Waals surface area contributed by atoms with Crippen molar-refractivity contribution in [1.82, 2.24) is 4.90 Å². The van der Waals surface area contributed by atoms with Crippen LogP contribution in [0.1, 0.15) is 39.2 Å². The van der Waals surface area contributed by atoms with Gasteiger partial charge < -0.3 is 9.64 Å². The molecule has 0 aliphatic heterocycles. The maximum absolute atomic E-state index is 12.8. The molecule has 0 bridgehead atoms. The third-order valence-corrected chi connectivity index (χ3v) is 3.51. The van der Waals surface area contributed by atoms with E-state index in [9.17, 15) is 9.59 Å². The molecule has 1 aromatic carbocycles. The second-order valence-corrected chi connectivity index (χ2v) is 5.34. The fourth-order valence-corrected chi connectivity index (χ4v) is 2.31. The predicted octanol–water partition coefficient (Wildman–Crippen LogP) is 3.57. The first-order chi connectivity index (χ1) is 11.1. The van der Waals surface area contributed by atoms with Gasteiger partial charge in [-0.2, -0.15) is 0 Å². The maximum Gasteiger partial charge on any atom is 0.325 e. The van der Waals surface area contributed by atoms with Crippen LogP contribution in [0.3, 0.4) is 0 Å². The first-order valence-corrected chi connectivity index (χ1v) is 8.27. The molecule has 1 atom stereocenters. The second kappa shape index (κ2) is 10.6. The predicted molar refractivity (Wildman–Crippen MR) is 91.7 cm³/mol. The molecule has 4 nitrogen and oxygen atoms in total. The number of rotatable bonds is 9. The Hall–Kier alpha value is -2.10. The van der Waals surface area contributed by atoms with E-state index < -0.39 is 0 Å². The topological polar surface area (TPSA) is 46.6 Å². The Balaban J connectivity index is 2.90. The molecule has 0 fully saturated rings. The van der Waals surface area contributed by atoms with E-state index in [1.165, 1.54) is 0 Å². The Morgan fingerprint density at radius 1 is 1.17 bits per heavy atom. The summed E-state index contributed by atoms with van der Waals surface area (Å²) in [5.41, 5.74) is 1.000. The quantitative estimate of drug-likeness (QED) is 0.517. The lowest BCUT2D eigenvalue weighted by Crippen LogP contribution is -2.39. The molecule has 0 saturated heterocycles. The number of hydrogen-bond donors (Lipinski definition) is 0. The lowest BCUT2D eigenvalue weighted by Gasteiger charge is -2.25. The molecule has 0 radical (unpaired) electrons. The number of esters is 1. The summed E-state index contributed by atoms with van der Waals surface area (Å²) in [6, 6.07) is 9.69. The number of carbonyl (C=O) groups is 2. The molecule has 0 aromatic heterocycles. The smallest absolute Gasteiger partial charge is 0.325 e. The van der Waals surface area contributed by atoms with E-state index in [4.69, 9.17) is 4.74 Å². The summed E-state index contributed by atoms with van der Waals surface area (Å²) in [6.45, 7) is 6.49. The minimum atomic E-state index is -0.369. The van der Waals surface area contributed by atoms with E-state index >= 15 is 0 Å². The molecule has 126 valence electrons. The molecule has 0 saturated carbocycles. The van der Waals surface area contributed by atoms with Gasteiger partial charge in [-0.05, 0) is 25.3 Å². The van der Waals surface area contributed by atoms with E-state index in [0.29, 0.717) is 19.6 Å².